The molecule has 3 aromatic carbocycles. The molecule has 0 radical (unpaired) electrons. The molecule has 2 heterocycles. The number of carbonyl (C=O) groups is 1. The smallest absolute Gasteiger partial charge is 0.258 e. The summed E-state index contributed by atoms with van der Waals surface area (Å²) in [7, 11) is -0.621. The molecule has 1 amide bonds. The van der Waals surface area contributed by atoms with E-state index in [2.05, 4.69) is 4.98 Å². The zero-order valence-corrected chi connectivity index (χ0v) is 22.8. The molecule has 0 spiro atoms. The molecule has 8 nitrogen and oxygen atoms in total. The highest BCUT2D eigenvalue weighted by Gasteiger charge is 2.39. The van der Waals surface area contributed by atoms with Crippen LogP contribution in [0.15, 0.2) is 66.9 Å². The van der Waals surface area contributed by atoms with Crippen molar-refractivity contribution >= 4 is 32.5 Å². The summed E-state index contributed by atoms with van der Waals surface area (Å²) in [6.07, 6.45) is 2.70. The first kappa shape index (κ1) is 26.4. The van der Waals surface area contributed by atoms with E-state index in [4.69, 9.17) is 9.47 Å². The van der Waals surface area contributed by atoms with Crippen LogP contribution in [0.4, 0.5) is 10.1 Å². The topological polar surface area (TPSA) is 89.0 Å². The maximum Gasteiger partial charge on any atom is 0.258 e. The Hall–Kier alpha value is -4.18. The second-order valence-electron chi connectivity index (χ2n) is 9.46. The van der Waals surface area contributed by atoms with Crippen LogP contribution in [-0.4, -0.2) is 44.6 Å². The number of methoxy groups -OCH3 is 1. The number of rotatable bonds is 8. The van der Waals surface area contributed by atoms with Crippen LogP contribution in [0.2, 0.25) is 0 Å². The Morgan fingerprint density at radius 1 is 1.10 bits per heavy atom. The summed E-state index contributed by atoms with van der Waals surface area (Å²) < 4.78 is 51.7. The third-order valence-corrected chi connectivity index (χ3v) is 8.25. The highest BCUT2D eigenvalue weighted by atomic mass is 32.2. The van der Waals surface area contributed by atoms with E-state index in [1.807, 2.05) is 31.2 Å². The first-order valence-electron chi connectivity index (χ1n) is 12.3. The molecule has 1 aliphatic heterocycles. The largest absolute Gasteiger partial charge is 0.497 e. The molecule has 1 unspecified atom stereocenters. The van der Waals surface area contributed by atoms with Gasteiger partial charge >= 0.3 is 0 Å². The number of hydrogen-bond acceptors (Lipinski definition) is 6. The van der Waals surface area contributed by atoms with Gasteiger partial charge in [0, 0.05) is 30.7 Å². The number of aromatic nitrogens is 1. The van der Waals surface area contributed by atoms with Crippen molar-refractivity contribution in [1.82, 2.24) is 9.88 Å². The van der Waals surface area contributed by atoms with Crippen molar-refractivity contribution in [3.05, 3.63) is 94.9 Å². The number of anilines is 1. The van der Waals surface area contributed by atoms with Gasteiger partial charge in [0.15, 0.2) is 5.75 Å². The molecule has 39 heavy (non-hydrogen) atoms. The summed E-state index contributed by atoms with van der Waals surface area (Å²) in [4.78, 5) is 20.2. The van der Waals surface area contributed by atoms with Gasteiger partial charge in [0.05, 0.1) is 30.7 Å². The van der Waals surface area contributed by atoms with E-state index in [-0.39, 0.29) is 30.4 Å². The number of fused-ring (bicyclic) bond motifs is 2. The van der Waals surface area contributed by atoms with Crippen LogP contribution in [-0.2, 0) is 23.2 Å². The van der Waals surface area contributed by atoms with Gasteiger partial charge < -0.3 is 14.4 Å². The first-order chi connectivity index (χ1) is 18.6. The van der Waals surface area contributed by atoms with Gasteiger partial charge in [-0.05, 0) is 54.4 Å². The summed E-state index contributed by atoms with van der Waals surface area (Å²) in [5.74, 6) is 0.314. The van der Waals surface area contributed by atoms with Crippen LogP contribution >= 0.6 is 0 Å². The number of ether oxygens (including phenoxy) is 2. The maximum atomic E-state index is 14.0. The molecule has 5 rings (SSSR count). The first-order valence-corrected chi connectivity index (χ1v) is 14.1. The summed E-state index contributed by atoms with van der Waals surface area (Å²) in [5, 5.41) is 0.554. The van der Waals surface area contributed by atoms with E-state index in [9.17, 15) is 17.6 Å². The number of nitrogens with zero attached hydrogens (tertiary/aromatic N) is 3. The fourth-order valence-corrected chi connectivity index (χ4v) is 5.40. The SMILES string of the molecule is COc1ccc(COc2c3c(c(N(C)S(C)(=O)=O)c4cccnc24)CN(C(C)c2ccc(F)cc2)C3=O)cc1. The number of sulfonamides is 1. The second kappa shape index (κ2) is 10.2. The summed E-state index contributed by atoms with van der Waals surface area (Å²) >= 11 is 0. The minimum absolute atomic E-state index is 0.144. The Labute approximate surface area is 226 Å². The van der Waals surface area contributed by atoms with Crippen molar-refractivity contribution in [2.45, 2.75) is 26.1 Å². The van der Waals surface area contributed by atoms with Gasteiger partial charge in [-0.2, -0.15) is 0 Å². The number of amides is 1. The van der Waals surface area contributed by atoms with Crippen molar-refractivity contribution in [3.8, 4) is 11.5 Å². The van der Waals surface area contributed by atoms with Crippen molar-refractivity contribution in [3.63, 3.8) is 0 Å². The lowest BCUT2D eigenvalue weighted by atomic mass is 10.0. The quantitative estimate of drug-likeness (QED) is 0.305. The predicted octanol–water partition coefficient (Wildman–Crippen LogP) is 5.07. The standard InChI is InChI=1S/C29H28FN3O5S/c1-18(20-9-11-21(30)12-10-20)33-16-24-25(29(33)34)28(38-17-19-7-13-22(37-3)14-8-19)26-23(6-5-15-31-26)27(24)32(2)39(4,35)36/h5-15,18H,16-17H2,1-4H3. The molecule has 0 saturated carbocycles. The lowest BCUT2D eigenvalue weighted by Crippen LogP contribution is -2.28. The minimum Gasteiger partial charge on any atom is -0.497 e. The van der Waals surface area contributed by atoms with Crippen molar-refractivity contribution in [2.24, 2.45) is 0 Å². The molecule has 1 aromatic heterocycles. The van der Waals surface area contributed by atoms with E-state index >= 15 is 0 Å². The highest BCUT2D eigenvalue weighted by Crippen LogP contribution is 2.46. The average molecular weight is 550 g/mol. The monoisotopic (exact) mass is 549 g/mol. The molecular weight excluding hydrogens is 521 g/mol. The Morgan fingerprint density at radius 3 is 2.44 bits per heavy atom. The molecule has 0 bridgehead atoms. The zero-order valence-electron chi connectivity index (χ0n) is 22.0. The Bertz CT molecular complexity index is 1660. The van der Waals surface area contributed by atoms with Gasteiger partial charge in [-0.1, -0.05) is 24.3 Å². The Balaban J connectivity index is 1.66. The third kappa shape index (κ3) is 4.87. The normalized spacial score (nSPS) is 13.9. The Morgan fingerprint density at radius 2 is 1.79 bits per heavy atom. The molecule has 202 valence electrons. The van der Waals surface area contributed by atoms with Crippen LogP contribution < -0.4 is 13.8 Å². The van der Waals surface area contributed by atoms with Gasteiger partial charge in [0.25, 0.3) is 5.91 Å². The third-order valence-electron chi connectivity index (χ3n) is 7.07. The van der Waals surface area contributed by atoms with Crippen molar-refractivity contribution in [1.29, 1.82) is 0 Å². The molecule has 1 atom stereocenters. The van der Waals surface area contributed by atoms with Crippen LogP contribution in [0.1, 0.15) is 40.0 Å². The number of benzene rings is 3. The van der Waals surface area contributed by atoms with E-state index in [1.165, 1.54) is 23.5 Å². The number of halogens is 1. The lowest BCUT2D eigenvalue weighted by Gasteiger charge is -2.25. The van der Waals surface area contributed by atoms with Crippen LogP contribution in [0.5, 0.6) is 11.5 Å². The molecule has 0 fully saturated rings. The van der Waals surface area contributed by atoms with E-state index < -0.39 is 16.1 Å². The molecule has 0 saturated heterocycles. The molecular formula is C29H28FN3O5S. The van der Waals surface area contributed by atoms with Crippen LogP contribution in [0.3, 0.4) is 0 Å². The van der Waals surface area contributed by atoms with E-state index in [1.54, 1.807) is 42.5 Å². The lowest BCUT2D eigenvalue weighted by molar-refractivity contribution is 0.0712. The molecule has 4 aromatic rings. The highest BCUT2D eigenvalue weighted by molar-refractivity contribution is 7.92. The number of pyridine rings is 1. The predicted molar refractivity (Wildman–Crippen MR) is 147 cm³/mol. The average Bonchev–Trinajstić information content (AvgIpc) is 3.27. The number of hydrogen-bond donors (Lipinski definition) is 0. The Kier molecular flexibility index (Phi) is 6.90. The minimum atomic E-state index is -3.67. The van der Waals surface area contributed by atoms with Gasteiger partial charge in [-0.3, -0.25) is 14.1 Å². The van der Waals surface area contributed by atoms with Crippen molar-refractivity contribution in [2.75, 3.05) is 24.7 Å². The van der Waals surface area contributed by atoms with Gasteiger partial charge in [0.1, 0.15) is 23.7 Å². The van der Waals surface area contributed by atoms with Gasteiger partial charge in [0.2, 0.25) is 10.0 Å². The fraction of sp³-hybridized carbons (Fsp3) is 0.241. The summed E-state index contributed by atoms with van der Waals surface area (Å²) in [5.41, 5.74) is 3.18. The fourth-order valence-electron chi connectivity index (χ4n) is 4.86. The zero-order chi connectivity index (χ0) is 27.9. The molecule has 0 aliphatic carbocycles. The molecule has 1 aliphatic rings. The number of carbonyl (C=O) groups excluding carboxylic acids is 1. The second-order valence-corrected chi connectivity index (χ2v) is 11.5. The molecule has 10 heteroatoms. The van der Waals surface area contributed by atoms with Crippen LogP contribution in [0, 0.1) is 5.82 Å². The van der Waals surface area contributed by atoms with Gasteiger partial charge in [-0.25, -0.2) is 12.8 Å². The van der Waals surface area contributed by atoms with E-state index in [0.717, 1.165) is 17.4 Å². The van der Waals surface area contributed by atoms with Gasteiger partial charge in [-0.15, -0.1) is 0 Å². The van der Waals surface area contributed by atoms with Crippen molar-refractivity contribution < 1.29 is 27.1 Å². The summed E-state index contributed by atoms with van der Waals surface area (Å²) in [6, 6.07) is 16.4. The summed E-state index contributed by atoms with van der Waals surface area (Å²) in [6.45, 7) is 2.16. The maximum absolute atomic E-state index is 14.0. The molecule has 0 N–H and O–H groups in total. The van der Waals surface area contributed by atoms with Crippen LogP contribution in [0.25, 0.3) is 10.9 Å². The van der Waals surface area contributed by atoms with E-state index in [0.29, 0.717) is 33.7 Å².